The van der Waals surface area contributed by atoms with Crippen molar-refractivity contribution in [2.24, 2.45) is 0 Å². The summed E-state index contributed by atoms with van der Waals surface area (Å²) < 4.78 is 13.6. The van der Waals surface area contributed by atoms with E-state index in [2.05, 4.69) is 104 Å². The molecule has 1 aliphatic heterocycles. The highest BCUT2D eigenvalue weighted by Gasteiger charge is 2.52. The van der Waals surface area contributed by atoms with Gasteiger partial charge in [0, 0.05) is 10.8 Å². The first-order chi connectivity index (χ1) is 12.9. The molecule has 27 heavy (non-hydrogen) atoms. The van der Waals surface area contributed by atoms with Gasteiger partial charge in [0.15, 0.2) is 6.29 Å². The lowest BCUT2D eigenvalue weighted by molar-refractivity contribution is -0.178. The first-order valence-electron chi connectivity index (χ1n) is 9.55. The van der Waals surface area contributed by atoms with Crippen LogP contribution in [0.25, 0.3) is 0 Å². The fourth-order valence-corrected chi connectivity index (χ4v) is 9.36. The number of halogens is 1. The van der Waals surface area contributed by atoms with Gasteiger partial charge < -0.3 is 14.3 Å². The van der Waals surface area contributed by atoms with E-state index in [1.165, 1.54) is 10.4 Å². The third-order valence-corrected chi connectivity index (χ3v) is 11.3. The van der Waals surface area contributed by atoms with Gasteiger partial charge in [-0.25, -0.2) is 0 Å². The number of aliphatic hydroxyl groups excluding tert-OH is 1. The maximum Gasteiger partial charge on any atom is 0.261 e. The van der Waals surface area contributed by atoms with Crippen LogP contribution in [0.2, 0.25) is 5.04 Å². The molecule has 1 unspecified atom stereocenters. The molecule has 0 aromatic heterocycles. The SMILES string of the molecule is CC(C)(C)[Si](O[C@H]1CC(O)O[C@H](CI)C1)(c1ccccc1)c1ccccc1. The predicted molar refractivity (Wildman–Crippen MR) is 121 cm³/mol. The number of hydrogen-bond donors (Lipinski definition) is 1. The van der Waals surface area contributed by atoms with Crippen LogP contribution in [0.5, 0.6) is 0 Å². The number of aliphatic hydroxyl groups is 1. The average molecular weight is 496 g/mol. The highest BCUT2D eigenvalue weighted by Crippen LogP contribution is 2.39. The Labute approximate surface area is 177 Å². The van der Waals surface area contributed by atoms with Crippen molar-refractivity contribution < 1.29 is 14.3 Å². The standard InChI is InChI=1S/C22H29IO3Si/c1-22(2,3)27(19-10-6-4-7-11-19,20-12-8-5-9-13-20)26-17-14-18(16-23)25-21(24)15-17/h4-13,17-18,21,24H,14-16H2,1-3H3/t17-,18+,21?/m1/s1. The highest BCUT2D eigenvalue weighted by atomic mass is 127. The van der Waals surface area contributed by atoms with Crippen LogP contribution in [0.1, 0.15) is 33.6 Å². The highest BCUT2D eigenvalue weighted by molar-refractivity contribution is 14.1. The maximum atomic E-state index is 10.2. The van der Waals surface area contributed by atoms with Crippen molar-refractivity contribution in [2.75, 3.05) is 4.43 Å². The Balaban J connectivity index is 2.09. The average Bonchev–Trinajstić information content (AvgIpc) is 2.66. The third-order valence-electron chi connectivity index (χ3n) is 5.27. The summed E-state index contributed by atoms with van der Waals surface area (Å²) in [5.41, 5.74) is 0. The van der Waals surface area contributed by atoms with Crippen molar-refractivity contribution in [3.8, 4) is 0 Å². The Kier molecular flexibility index (Phi) is 6.79. The van der Waals surface area contributed by atoms with Gasteiger partial charge in [-0.3, -0.25) is 0 Å². The molecule has 2 aromatic rings. The molecule has 0 bridgehead atoms. The van der Waals surface area contributed by atoms with E-state index >= 15 is 0 Å². The molecule has 0 saturated carbocycles. The van der Waals surface area contributed by atoms with Crippen molar-refractivity contribution in [3.05, 3.63) is 60.7 Å². The van der Waals surface area contributed by atoms with E-state index in [4.69, 9.17) is 9.16 Å². The molecule has 1 aliphatic rings. The van der Waals surface area contributed by atoms with Crippen LogP contribution in [0.4, 0.5) is 0 Å². The first-order valence-corrected chi connectivity index (χ1v) is 13.0. The van der Waals surface area contributed by atoms with Crippen molar-refractivity contribution in [1.29, 1.82) is 0 Å². The van der Waals surface area contributed by atoms with Crippen molar-refractivity contribution in [1.82, 2.24) is 0 Å². The van der Waals surface area contributed by atoms with Crippen LogP contribution < -0.4 is 10.4 Å². The number of ether oxygens (including phenoxy) is 1. The molecule has 0 spiro atoms. The molecule has 1 saturated heterocycles. The van der Waals surface area contributed by atoms with Crippen LogP contribution in [0.15, 0.2) is 60.7 Å². The molecule has 2 aromatic carbocycles. The Hall–Kier alpha value is -0.733. The Morgan fingerprint density at radius 1 is 1.00 bits per heavy atom. The lowest BCUT2D eigenvalue weighted by atomic mass is 10.1. The predicted octanol–water partition coefficient (Wildman–Crippen LogP) is 3.86. The molecule has 0 amide bonds. The summed E-state index contributed by atoms with van der Waals surface area (Å²) >= 11 is 2.32. The summed E-state index contributed by atoms with van der Waals surface area (Å²) in [6.45, 7) is 6.85. The minimum atomic E-state index is -2.58. The molecule has 1 heterocycles. The van der Waals surface area contributed by atoms with Gasteiger partial charge in [0.1, 0.15) is 0 Å². The zero-order valence-electron chi connectivity index (χ0n) is 16.3. The zero-order chi connectivity index (χ0) is 19.5. The summed E-state index contributed by atoms with van der Waals surface area (Å²) in [5, 5.41) is 12.7. The minimum absolute atomic E-state index is 0.0141. The van der Waals surface area contributed by atoms with Gasteiger partial charge in [0.2, 0.25) is 0 Å². The molecule has 3 nitrogen and oxygen atoms in total. The molecule has 146 valence electrons. The Bertz CT molecular complexity index is 678. The molecular formula is C22H29IO3Si. The van der Waals surface area contributed by atoms with Gasteiger partial charge in [-0.15, -0.1) is 0 Å². The topological polar surface area (TPSA) is 38.7 Å². The Morgan fingerprint density at radius 2 is 1.52 bits per heavy atom. The van der Waals surface area contributed by atoms with Crippen LogP contribution in [0.3, 0.4) is 0 Å². The molecule has 3 rings (SSSR count). The second-order valence-electron chi connectivity index (χ2n) is 8.24. The second kappa shape index (κ2) is 8.74. The first kappa shape index (κ1) is 21.0. The molecule has 0 radical (unpaired) electrons. The van der Waals surface area contributed by atoms with Crippen molar-refractivity contribution in [2.45, 2.75) is 57.1 Å². The molecule has 5 heteroatoms. The monoisotopic (exact) mass is 496 g/mol. The second-order valence-corrected chi connectivity index (χ2v) is 13.4. The maximum absolute atomic E-state index is 10.2. The van der Waals surface area contributed by atoms with Crippen LogP contribution in [0, 0.1) is 0 Å². The Morgan fingerprint density at radius 3 is 1.96 bits per heavy atom. The third kappa shape index (κ3) is 4.48. The van der Waals surface area contributed by atoms with Crippen LogP contribution in [-0.4, -0.2) is 36.3 Å². The lowest BCUT2D eigenvalue weighted by Gasteiger charge is -2.46. The van der Waals surface area contributed by atoms with E-state index in [1.807, 2.05) is 0 Å². The van der Waals surface area contributed by atoms with Gasteiger partial charge in [-0.1, -0.05) is 104 Å². The normalized spacial score (nSPS) is 24.0. The molecule has 1 fully saturated rings. The zero-order valence-corrected chi connectivity index (χ0v) is 19.4. The summed E-state index contributed by atoms with van der Waals surface area (Å²) in [7, 11) is -2.58. The fraction of sp³-hybridized carbons (Fsp3) is 0.455. The fourth-order valence-electron chi connectivity index (χ4n) is 4.08. The molecular weight excluding hydrogens is 467 g/mol. The van der Waals surface area contributed by atoms with Crippen molar-refractivity contribution in [3.63, 3.8) is 0 Å². The number of alkyl halides is 1. The van der Waals surface area contributed by atoms with Gasteiger partial charge in [0.25, 0.3) is 8.32 Å². The van der Waals surface area contributed by atoms with E-state index in [9.17, 15) is 5.11 Å². The van der Waals surface area contributed by atoms with Gasteiger partial charge in [-0.2, -0.15) is 0 Å². The van der Waals surface area contributed by atoms with Crippen LogP contribution in [-0.2, 0) is 9.16 Å². The van der Waals surface area contributed by atoms with E-state index < -0.39 is 14.6 Å². The number of benzene rings is 2. The minimum Gasteiger partial charge on any atom is -0.404 e. The quantitative estimate of drug-likeness (QED) is 0.388. The van der Waals surface area contributed by atoms with E-state index in [0.717, 1.165) is 10.8 Å². The number of rotatable bonds is 5. The molecule has 3 atom stereocenters. The van der Waals surface area contributed by atoms with E-state index in [0.29, 0.717) is 6.42 Å². The summed E-state index contributed by atoms with van der Waals surface area (Å²) in [5.74, 6) is 0. The molecule has 1 N–H and O–H groups in total. The molecule has 0 aliphatic carbocycles. The van der Waals surface area contributed by atoms with Gasteiger partial charge in [-0.05, 0) is 21.8 Å². The smallest absolute Gasteiger partial charge is 0.261 e. The van der Waals surface area contributed by atoms with Crippen molar-refractivity contribution >= 4 is 41.3 Å². The van der Waals surface area contributed by atoms with E-state index in [-0.39, 0.29) is 17.2 Å². The number of hydrogen-bond acceptors (Lipinski definition) is 3. The van der Waals surface area contributed by atoms with E-state index in [1.54, 1.807) is 0 Å². The van der Waals surface area contributed by atoms with Gasteiger partial charge in [0.05, 0.1) is 12.2 Å². The lowest BCUT2D eigenvalue weighted by Crippen LogP contribution is -2.68. The summed E-state index contributed by atoms with van der Waals surface area (Å²) in [6, 6.07) is 21.3. The van der Waals surface area contributed by atoms with Crippen LogP contribution >= 0.6 is 22.6 Å². The van der Waals surface area contributed by atoms with Gasteiger partial charge >= 0.3 is 0 Å². The summed E-state index contributed by atoms with van der Waals surface area (Å²) in [4.78, 5) is 0. The summed E-state index contributed by atoms with van der Waals surface area (Å²) in [6.07, 6.45) is 0.626. The largest absolute Gasteiger partial charge is 0.404 e.